The highest BCUT2D eigenvalue weighted by atomic mass is 16.5. The number of carboxylic acids is 1. The van der Waals surface area contributed by atoms with Crippen molar-refractivity contribution < 1.29 is 24.1 Å². The molecular weight excluding hydrogens is 606 g/mol. The summed E-state index contributed by atoms with van der Waals surface area (Å²) in [6.07, 6.45) is 3.01. The number of anilines is 1. The summed E-state index contributed by atoms with van der Waals surface area (Å²) in [6, 6.07) is 17.8. The van der Waals surface area contributed by atoms with Gasteiger partial charge in [0.1, 0.15) is 11.6 Å². The van der Waals surface area contributed by atoms with E-state index < -0.39 is 17.7 Å². The van der Waals surface area contributed by atoms with E-state index in [1.54, 1.807) is 4.52 Å². The zero-order chi connectivity index (χ0) is 34.2. The van der Waals surface area contributed by atoms with E-state index in [4.69, 9.17) is 24.3 Å². The lowest BCUT2D eigenvalue weighted by molar-refractivity contribution is -0.160. The molecule has 1 N–H and O–H groups in total. The summed E-state index contributed by atoms with van der Waals surface area (Å²) in [5.74, 6) is 0.279. The quantitative estimate of drug-likeness (QED) is 0.240. The molecule has 10 heteroatoms. The minimum atomic E-state index is -1.24. The standard InChI is InChI=1S/C38H45N5O5/c1-24-10-7-8-19-46-38(6)15-17-42(18-16-38)35-33(34(36(44)45)48-37(3,4)5)25(2)40-32-22-30(41-43(32)35)28-12-9-11-27(21-28)29-14-13-26(23-39)20-31(29)47-24/h9,11-14,20-22,24,34H,7-8,10,15-19H2,1-6H3,(H,44,45)/t24-,34+/m1/s1. The van der Waals surface area contributed by atoms with Crippen LogP contribution < -0.4 is 9.64 Å². The van der Waals surface area contributed by atoms with E-state index in [1.807, 2.05) is 70.2 Å². The Labute approximate surface area is 282 Å². The summed E-state index contributed by atoms with van der Waals surface area (Å²) in [5.41, 5.74) is 4.66. The SMILES string of the molecule is Cc1nc2cc3nn2c(c1[C@H](OC(C)(C)C)C(=O)O)N1CCC(C)(CC1)OCCCC[C@@H](C)Oc1cc(C#N)ccc1-c1cccc-3c1. The molecule has 5 heterocycles. The fourth-order valence-electron chi connectivity index (χ4n) is 6.69. The highest BCUT2D eigenvalue weighted by Crippen LogP contribution is 2.39. The van der Waals surface area contributed by atoms with Gasteiger partial charge >= 0.3 is 5.97 Å². The van der Waals surface area contributed by atoms with Crippen LogP contribution >= 0.6 is 0 Å². The number of benzene rings is 2. The van der Waals surface area contributed by atoms with Gasteiger partial charge in [-0.15, -0.1) is 0 Å². The molecule has 4 aromatic rings. The maximum absolute atomic E-state index is 12.8. The number of nitriles is 1. The molecule has 2 aromatic carbocycles. The summed E-state index contributed by atoms with van der Waals surface area (Å²) in [4.78, 5) is 19.9. The first-order valence-electron chi connectivity index (χ1n) is 16.9. The Hall–Kier alpha value is -4.46. The van der Waals surface area contributed by atoms with Crippen LogP contribution in [0.1, 0.15) is 89.6 Å². The van der Waals surface area contributed by atoms with Crippen molar-refractivity contribution in [1.82, 2.24) is 14.6 Å². The Morgan fingerprint density at radius 1 is 1.12 bits per heavy atom. The first-order valence-corrected chi connectivity index (χ1v) is 16.9. The summed E-state index contributed by atoms with van der Waals surface area (Å²) in [6.45, 7) is 13.6. The van der Waals surface area contributed by atoms with Gasteiger partial charge in [0, 0.05) is 42.6 Å². The maximum atomic E-state index is 12.8. The van der Waals surface area contributed by atoms with Gasteiger partial charge in [0.05, 0.1) is 40.2 Å². The van der Waals surface area contributed by atoms with Gasteiger partial charge in [-0.1, -0.05) is 18.2 Å². The van der Waals surface area contributed by atoms with Crippen molar-refractivity contribution in [2.45, 2.75) is 97.1 Å². The molecule has 1 saturated heterocycles. The molecular formula is C38H45N5O5. The van der Waals surface area contributed by atoms with Crippen molar-refractivity contribution in [2.75, 3.05) is 24.6 Å². The van der Waals surface area contributed by atoms with Crippen molar-refractivity contribution >= 4 is 17.4 Å². The molecule has 48 heavy (non-hydrogen) atoms. The molecule has 1 fully saturated rings. The van der Waals surface area contributed by atoms with Crippen LogP contribution in [-0.4, -0.2) is 62.7 Å². The number of aliphatic carboxylic acids is 1. The fourth-order valence-corrected chi connectivity index (χ4v) is 6.69. The Morgan fingerprint density at radius 3 is 2.58 bits per heavy atom. The minimum Gasteiger partial charge on any atom is -0.490 e. The predicted molar refractivity (Wildman–Crippen MR) is 184 cm³/mol. The number of piperidine rings is 1. The average molecular weight is 652 g/mol. The van der Waals surface area contributed by atoms with Crippen molar-refractivity contribution in [1.29, 1.82) is 5.26 Å². The van der Waals surface area contributed by atoms with Crippen molar-refractivity contribution in [3.05, 3.63) is 65.4 Å². The number of fused-ring (bicyclic) bond motifs is 8. The normalized spacial score (nSPS) is 20.9. The fraction of sp³-hybridized carbons (Fsp3) is 0.474. The summed E-state index contributed by atoms with van der Waals surface area (Å²) >= 11 is 0. The van der Waals surface area contributed by atoms with Gasteiger partial charge in [-0.05, 0) is 103 Å². The van der Waals surface area contributed by atoms with E-state index in [9.17, 15) is 15.2 Å². The second-order valence-electron chi connectivity index (χ2n) is 14.3. The van der Waals surface area contributed by atoms with Crippen LogP contribution in [0.25, 0.3) is 28.0 Å². The zero-order valence-electron chi connectivity index (χ0n) is 28.7. The smallest absolute Gasteiger partial charge is 0.337 e. The highest BCUT2D eigenvalue weighted by Gasteiger charge is 2.38. The second-order valence-corrected chi connectivity index (χ2v) is 14.3. The van der Waals surface area contributed by atoms with Gasteiger partial charge in [0.25, 0.3) is 0 Å². The van der Waals surface area contributed by atoms with Crippen molar-refractivity contribution in [2.24, 2.45) is 0 Å². The number of rotatable bonds is 3. The second kappa shape index (κ2) is 13.2. The average Bonchev–Trinajstić information content (AvgIpc) is 3.46. The number of carbonyl (C=O) groups is 1. The third-order valence-electron chi connectivity index (χ3n) is 9.25. The van der Waals surface area contributed by atoms with E-state index >= 15 is 0 Å². The van der Waals surface area contributed by atoms with Gasteiger partial charge in [0.2, 0.25) is 0 Å². The molecule has 0 radical (unpaired) electrons. The number of carboxylic acid groups (broad SMARTS) is 1. The molecule has 0 aliphatic carbocycles. The van der Waals surface area contributed by atoms with Crippen LogP contribution in [0.4, 0.5) is 5.82 Å². The zero-order valence-corrected chi connectivity index (χ0v) is 28.7. The third-order valence-corrected chi connectivity index (χ3v) is 9.25. The van der Waals surface area contributed by atoms with E-state index in [-0.39, 0.29) is 11.7 Å². The molecule has 0 unspecified atom stereocenters. The molecule has 0 spiro atoms. The van der Waals surface area contributed by atoms with Gasteiger partial charge in [-0.2, -0.15) is 14.9 Å². The van der Waals surface area contributed by atoms with Gasteiger partial charge in [-0.25, -0.2) is 9.78 Å². The Bertz CT molecular complexity index is 1860. The molecule has 7 rings (SSSR count). The lowest BCUT2D eigenvalue weighted by Gasteiger charge is -2.41. The van der Waals surface area contributed by atoms with Gasteiger partial charge in [-0.3, -0.25) is 0 Å². The third kappa shape index (κ3) is 7.03. The molecule has 6 bridgehead atoms. The first-order chi connectivity index (χ1) is 22.8. The minimum absolute atomic E-state index is 0.0393. The van der Waals surface area contributed by atoms with E-state index in [0.717, 1.165) is 48.8 Å². The Kier molecular flexibility index (Phi) is 9.20. The number of hydrogen-bond donors (Lipinski definition) is 1. The van der Waals surface area contributed by atoms with Crippen LogP contribution in [0.2, 0.25) is 0 Å². The number of ether oxygens (including phenoxy) is 3. The molecule has 3 aliphatic heterocycles. The topological polar surface area (TPSA) is 122 Å². The molecule has 2 aromatic heterocycles. The molecule has 0 amide bonds. The van der Waals surface area contributed by atoms with E-state index in [1.165, 1.54) is 0 Å². The summed E-state index contributed by atoms with van der Waals surface area (Å²) < 4.78 is 21.0. The lowest BCUT2D eigenvalue weighted by atomic mass is 9.92. The number of hydrogen-bond acceptors (Lipinski definition) is 8. The highest BCUT2D eigenvalue weighted by molar-refractivity contribution is 5.80. The largest absolute Gasteiger partial charge is 0.490 e. The van der Waals surface area contributed by atoms with Crippen LogP contribution in [0.15, 0.2) is 48.5 Å². The monoisotopic (exact) mass is 651 g/mol. The Balaban J connectivity index is 1.53. The van der Waals surface area contributed by atoms with Crippen LogP contribution in [0.3, 0.4) is 0 Å². The summed E-state index contributed by atoms with van der Waals surface area (Å²) in [5, 5.41) is 25.2. The van der Waals surface area contributed by atoms with Gasteiger partial charge in [0.15, 0.2) is 11.8 Å². The van der Waals surface area contributed by atoms with Crippen LogP contribution in [0.5, 0.6) is 5.75 Å². The molecule has 2 atom stereocenters. The molecule has 10 nitrogen and oxygen atoms in total. The van der Waals surface area contributed by atoms with Crippen LogP contribution in [-0.2, 0) is 14.3 Å². The maximum Gasteiger partial charge on any atom is 0.337 e. The lowest BCUT2D eigenvalue weighted by Crippen LogP contribution is -2.46. The number of nitrogens with zero attached hydrogens (tertiary/aromatic N) is 5. The molecule has 252 valence electrons. The predicted octanol–water partition coefficient (Wildman–Crippen LogP) is 7.51. The van der Waals surface area contributed by atoms with Crippen molar-refractivity contribution in [3.63, 3.8) is 0 Å². The van der Waals surface area contributed by atoms with E-state index in [2.05, 4.69) is 30.9 Å². The molecule has 3 aliphatic rings. The Morgan fingerprint density at radius 2 is 1.88 bits per heavy atom. The van der Waals surface area contributed by atoms with Gasteiger partial charge < -0.3 is 24.2 Å². The number of aromatic nitrogens is 3. The summed E-state index contributed by atoms with van der Waals surface area (Å²) in [7, 11) is 0. The van der Waals surface area contributed by atoms with E-state index in [0.29, 0.717) is 59.4 Å². The molecule has 0 saturated carbocycles. The van der Waals surface area contributed by atoms with Crippen molar-refractivity contribution in [3.8, 4) is 34.2 Å². The van der Waals surface area contributed by atoms with Crippen LogP contribution in [0, 0.1) is 18.3 Å². The first kappa shape index (κ1) is 33.4. The number of aryl methyl sites for hydroxylation is 1.